The van der Waals surface area contributed by atoms with E-state index in [4.69, 9.17) is 0 Å². The number of hydrogen-bond donors (Lipinski definition) is 0. The van der Waals surface area contributed by atoms with Crippen molar-refractivity contribution in [1.29, 1.82) is 0 Å². The molecule has 2 fully saturated rings. The maximum atomic E-state index is 14.1. The molecular formula is C66H46O4S2. The Morgan fingerprint density at radius 1 is 0.389 bits per heavy atom. The lowest BCUT2D eigenvalue weighted by Crippen LogP contribution is -2.31. The molecule has 6 heteroatoms. The first-order valence-electron chi connectivity index (χ1n) is 26.0. The predicted octanol–water partition coefficient (Wildman–Crippen LogP) is 16.4. The maximum Gasteiger partial charge on any atom is 0.197 e. The molecule has 2 spiro atoms. The molecule has 8 aliphatic rings. The summed E-state index contributed by atoms with van der Waals surface area (Å²) in [7, 11) is 0. The van der Waals surface area contributed by atoms with E-state index >= 15 is 0 Å². The second-order valence-corrected chi connectivity index (χ2v) is 24.0. The fourth-order valence-corrected chi connectivity index (χ4v) is 17.2. The van der Waals surface area contributed by atoms with Crippen LogP contribution in [0.25, 0.3) is 66.4 Å². The number of carbonyl (C=O) groups is 4. The zero-order chi connectivity index (χ0) is 47.8. The summed E-state index contributed by atoms with van der Waals surface area (Å²) in [6.45, 7) is 0. The zero-order valence-corrected chi connectivity index (χ0v) is 41.2. The largest absolute Gasteiger partial charge is 0.288 e. The van der Waals surface area contributed by atoms with E-state index < -0.39 is 0 Å². The van der Waals surface area contributed by atoms with Gasteiger partial charge in [-0.1, -0.05) is 111 Å². The molecule has 2 atom stereocenters. The Hall–Kier alpha value is -7.12. The van der Waals surface area contributed by atoms with Crippen LogP contribution in [0.5, 0.6) is 0 Å². The Kier molecular flexibility index (Phi) is 8.50. The van der Waals surface area contributed by atoms with Crippen LogP contribution in [-0.2, 0) is 10.8 Å². The van der Waals surface area contributed by atoms with Crippen molar-refractivity contribution >= 4 is 112 Å². The number of fused-ring (bicyclic) bond motifs is 17. The van der Waals surface area contributed by atoms with Gasteiger partial charge in [0.2, 0.25) is 0 Å². The van der Waals surface area contributed by atoms with Gasteiger partial charge in [0.15, 0.2) is 23.1 Å². The number of benzene rings is 6. The van der Waals surface area contributed by atoms with Crippen LogP contribution < -0.4 is 0 Å². The molecule has 4 nitrogen and oxygen atoms in total. The van der Waals surface area contributed by atoms with Crippen molar-refractivity contribution in [1.82, 2.24) is 0 Å². The number of rotatable bonds is 2. The number of thiophene rings is 2. The highest BCUT2D eigenvalue weighted by Crippen LogP contribution is 2.65. The summed E-state index contributed by atoms with van der Waals surface area (Å²) in [5.74, 6) is -0.287. The Morgan fingerprint density at radius 2 is 0.722 bits per heavy atom. The molecule has 346 valence electrons. The molecule has 0 radical (unpaired) electrons. The molecule has 0 saturated heterocycles. The van der Waals surface area contributed by atoms with Gasteiger partial charge in [-0.2, -0.15) is 0 Å². The average Bonchev–Trinajstić information content (AvgIpc) is 4.22. The third-order valence-corrected chi connectivity index (χ3v) is 20.4. The summed E-state index contributed by atoms with van der Waals surface area (Å²) in [4.78, 5) is 61.2. The lowest BCUT2D eigenvalue weighted by atomic mass is 9.63. The van der Waals surface area contributed by atoms with Crippen LogP contribution >= 0.6 is 22.7 Å². The van der Waals surface area contributed by atoms with Crippen molar-refractivity contribution in [3.63, 3.8) is 0 Å². The highest BCUT2D eigenvalue weighted by Gasteiger charge is 2.52. The summed E-state index contributed by atoms with van der Waals surface area (Å²) >= 11 is 3.51. The molecule has 8 aliphatic carbocycles. The van der Waals surface area contributed by atoms with Crippen molar-refractivity contribution < 1.29 is 19.2 Å². The van der Waals surface area contributed by atoms with Crippen LogP contribution in [-0.4, -0.2) is 23.1 Å². The SMILES string of the molecule is O=C1C(=Cc2cc3c(s2)C2=CC4C=C5C(=CC4C=C2C32CCCCC2)c2sc(C=C3C(=O)c4cc6cc7ccccc7cc6cc4C3=O)cc2C52CCCCC2)C(=O)c2cc3cc4ccccc4cc3cc21. The molecule has 6 aromatic carbocycles. The Labute approximate surface area is 424 Å². The Balaban J connectivity index is 0.755. The number of hydrogen-bond acceptors (Lipinski definition) is 6. The smallest absolute Gasteiger partial charge is 0.197 e. The molecule has 2 heterocycles. The molecule has 72 heavy (non-hydrogen) atoms. The van der Waals surface area contributed by atoms with Gasteiger partial charge in [0.05, 0.1) is 11.1 Å². The Bertz CT molecular complexity index is 3720. The highest BCUT2D eigenvalue weighted by atomic mass is 32.1. The molecule has 0 bridgehead atoms. The first kappa shape index (κ1) is 41.5. The maximum absolute atomic E-state index is 14.1. The number of Topliss-reactive ketones (excluding diaryl/α,β-unsaturated/α-hetero) is 4. The Morgan fingerprint density at radius 3 is 1.06 bits per heavy atom. The lowest BCUT2D eigenvalue weighted by Gasteiger charge is -2.40. The minimum Gasteiger partial charge on any atom is -0.288 e. The molecule has 0 N–H and O–H groups in total. The molecule has 8 aromatic rings. The average molecular weight is 967 g/mol. The quantitative estimate of drug-likeness (QED) is 0.0983. The van der Waals surface area contributed by atoms with Gasteiger partial charge in [-0.3, -0.25) is 19.2 Å². The molecule has 0 amide bonds. The van der Waals surface area contributed by atoms with Crippen molar-refractivity contribution in [2.75, 3.05) is 0 Å². The van der Waals surface area contributed by atoms with E-state index in [1.54, 1.807) is 22.7 Å². The van der Waals surface area contributed by atoms with Gasteiger partial charge >= 0.3 is 0 Å². The lowest BCUT2D eigenvalue weighted by molar-refractivity contribution is 0.0975. The van der Waals surface area contributed by atoms with E-state index in [0.717, 1.165) is 78.5 Å². The van der Waals surface area contributed by atoms with Gasteiger partial charge in [-0.25, -0.2) is 0 Å². The van der Waals surface area contributed by atoms with E-state index in [2.05, 4.69) is 85.0 Å². The molecule has 2 aromatic heterocycles. The number of carbonyl (C=O) groups excluding carboxylic acids is 4. The topological polar surface area (TPSA) is 68.3 Å². The second kappa shape index (κ2) is 14.7. The molecule has 16 rings (SSSR count). The van der Waals surface area contributed by atoms with Crippen LogP contribution in [0, 0.1) is 11.8 Å². The van der Waals surface area contributed by atoms with E-state index in [9.17, 15) is 19.2 Å². The van der Waals surface area contributed by atoms with Crippen LogP contribution in [0.4, 0.5) is 0 Å². The van der Waals surface area contributed by atoms with Crippen molar-refractivity contribution in [2.45, 2.75) is 75.0 Å². The third kappa shape index (κ3) is 5.63. The van der Waals surface area contributed by atoms with Gasteiger partial charge in [0, 0.05) is 64.4 Å². The molecule has 0 aliphatic heterocycles. The first-order valence-corrected chi connectivity index (χ1v) is 27.6. The summed E-state index contributed by atoms with van der Waals surface area (Å²) in [5.41, 5.74) is 10.8. The van der Waals surface area contributed by atoms with Crippen LogP contribution in [0.3, 0.4) is 0 Å². The fraction of sp³-hybridized carbons (Fsp3) is 0.212. The summed E-state index contributed by atoms with van der Waals surface area (Å²) < 4.78 is 0. The van der Waals surface area contributed by atoms with E-state index in [1.807, 2.05) is 60.7 Å². The molecular weight excluding hydrogens is 921 g/mol. The van der Waals surface area contributed by atoms with E-state index in [0.29, 0.717) is 22.3 Å². The second-order valence-electron chi connectivity index (χ2n) is 21.9. The van der Waals surface area contributed by atoms with Gasteiger partial charge in [0.1, 0.15) is 0 Å². The van der Waals surface area contributed by atoms with Gasteiger partial charge in [-0.05, 0) is 175 Å². The number of ketones is 4. The fourth-order valence-electron chi connectivity index (χ4n) is 14.7. The van der Waals surface area contributed by atoms with Gasteiger partial charge < -0.3 is 0 Å². The first-order chi connectivity index (χ1) is 35.2. The summed E-state index contributed by atoms with van der Waals surface area (Å²) in [5, 5.41) is 8.35. The third-order valence-electron chi connectivity index (χ3n) is 18.1. The number of allylic oxidation sites excluding steroid dienone is 10. The van der Waals surface area contributed by atoms with Crippen LogP contribution in [0.15, 0.2) is 156 Å². The highest BCUT2D eigenvalue weighted by molar-refractivity contribution is 7.15. The van der Waals surface area contributed by atoms with E-state index in [-0.39, 0.29) is 56.9 Å². The molecule has 2 unspecified atom stereocenters. The van der Waals surface area contributed by atoms with Gasteiger partial charge in [0.25, 0.3) is 0 Å². The molecule has 2 saturated carbocycles. The van der Waals surface area contributed by atoms with Crippen molar-refractivity contribution in [3.05, 3.63) is 209 Å². The monoisotopic (exact) mass is 966 g/mol. The van der Waals surface area contributed by atoms with E-state index in [1.165, 1.54) is 81.7 Å². The van der Waals surface area contributed by atoms with Gasteiger partial charge in [-0.15, -0.1) is 22.7 Å². The minimum atomic E-state index is -0.179. The summed E-state index contributed by atoms with van der Waals surface area (Å²) in [6, 6.07) is 37.2. The predicted molar refractivity (Wildman–Crippen MR) is 293 cm³/mol. The van der Waals surface area contributed by atoms with Crippen molar-refractivity contribution in [2.24, 2.45) is 11.8 Å². The van der Waals surface area contributed by atoms with Crippen LogP contribution in [0.1, 0.15) is 136 Å². The zero-order valence-electron chi connectivity index (χ0n) is 39.5. The summed E-state index contributed by atoms with van der Waals surface area (Å²) in [6.07, 6.45) is 25.7. The van der Waals surface area contributed by atoms with Crippen LogP contribution in [0.2, 0.25) is 0 Å². The minimum absolute atomic E-state index is 0.0858. The standard InChI is InChI=1S/C66H46O4S2/c67-59-47-23-39-19-35-11-3-4-12-36(35)20-40(39)24-48(47)60(68)53(59)31-45-33-57-63(71-45)51-27-44-30-56-52(28-43(44)29-55(51)65(57)15-7-1-8-16-65)64-58(66(56)17-9-2-10-18-66)34-46(72-64)32-54-61(69)49-25-41-21-37-13-5-6-14-38(37)22-42(41)26-50(49)62(54)70/h3-6,11-14,19-34,43-44H,1-2,7-10,15-18H2. The normalized spacial score (nSPS) is 21.9. The van der Waals surface area contributed by atoms with Crippen molar-refractivity contribution in [3.8, 4) is 0 Å².